The van der Waals surface area contributed by atoms with Gasteiger partial charge in [-0.1, -0.05) is 31.5 Å². The van der Waals surface area contributed by atoms with E-state index in [-0.39, 0.29) is 63.6 Å². The second-order valence-corrected chi connectivity index (χ2v) is 15.4. The number of carboxylic acid groups (broad SMARTS) is 1. The fourth-order valence-corrected chi connectivity index (χ4v) is 8.90. The predicted molar refractivity (Wildman–Crippen MR) is 191 cm³/mol. The van der Waals surface area contributed by atoms with Gasteiger partial charge in [0.15, 0.2) is 0 Å². The highest BCUT2D eigenvalue weighted by molar-refractivity contribution is 7.10. The number of aromatic nitrogens is 1. The number of ether oxygens (including phenoxy) is 2. The number of carbonyl (C=O) groups is 3. The van der Waals surface area contributed by atoms with Gasteiger partial charge in [0.05, 0.1) is 23.7 Å². The minimum Gasteiger partial charge on any atom is -0.490 e. The Hall–Kier alpha value is -4.31. The normalized spacial score (nSPS) is 24.4. The molecule has 6 rings (SSSR count). The number of likely N-dealkylation sites (tertiary alicyclic amines) is 2. The van der Waals surface area contributed by atoms with Gasteiger partial charge in [0.2, 0.25) is 5.60 Å². The van der Waals surface area contributed by atoms with Crippen molar-refractivity contribution in [2.45, 2.75) is 107 Å². The molecule has 2 N–H and O–H groups in total. The number of hydrogen-bond acceptors (Lipinski definition) is 8. The molecule has 1 saturated carbocycles. The molecule has 0 spiro atoms. The lowest BCUT2D eigenvalue weighted by atomic mass is 9.78. The van der Waals surface area contributed by atoms with Crippen LogP contribution in [0.3, 0.4) is 0 Å². The van der Waals surface area contributed by atoms with Gasteiger partial charge >= 0.3 is 12.1 Å². The highest BCUT2D eigenvalue weighted by Gasteiger charge is 2.56. The number of nitrogens with zero attached hydrogens (tertiary/aromatic N) is 3. The number of aliphatic hydroxyl groups is 1. The first-order valence-electron chi connectivity index (χ1n) is 18.6. The maximum absolute atomic E-state index is 15.0. The SMILES string of the molecule is CCCC1N(C(=O)c2ncccc2C(F)F)CCCC1(Oc1csc(C(F)(F)F)c1)C(=O)N1CCC(O)(c2ccccc2OC2CCC(C(=O)O)CC2)CC1. The zero-order valence-corrected chi connectivity index (χ0v) is 31.1. The molecule has 2 atom stereocenters. The monoisotopic (exact) mass is 793 g/mol. The first kappa shape index (κ1) is 40.4. The number of hydrogen-bond donors (Lipinski definition) is 2. The summed E-state index contributed by atoms with van der Waals surface area (Å²) >= 11 is 0.407. The number of alkyl halides is 5. The Kier molecular flexibility index (Phi) is 12.1. The Morgan fingerprint density at radius 1 is 1.02 bits per heavy atom. The molecule has 2 saturated heterocycles. The molecule has 298 valence electrons. The van der Waals surface area contributed by atoms with Crippen LogP contribution >= 0.6 is 11.3 Å². The Morgan fingerprint density at radius 2 is 1.73 bits per heavy atom. The van der Waals surface area contributed by atoms with Crippen LogP contribution < -0.4 is 9.47 Å². The van der Waals surface area contributed by atoms with Crippen molar-refractivity contribution in [3.05, 3.63) is 75.7 Å². The van der Waals surface area contributed by atoms with Crippen molar-refractivity contribution >= 4 is 29.1 Å². The van der Waals surface area contributed by atoms with E-state index in [0.717, 1.165) is 17.5 Å². The van der Waals surface area contributed by atoms with E-state index in [9.17, 15) is 46.5 Å². The lowest BCUT2D eigenvalue weighted by molar-refractivity contribution is -0.163. The minimum atomic E-state index is -4.67. The van der Waals surface area contributed by atoms with Crippen LogP contribution in [0, 0.1) is 5.92 Å². The number of halogens is 5. The molecule has 3 aliphatic rings. The Labute approximate surface area is 319 Å². The number of aliphatic carboxylic acids is 1. The van der Waals surface area contributed by atoms with Gasteiger partial charge in [-0.3, -0.25) is 19.4 Å². The molecule has 2 unspecified atom stereocenters. The minimum absolute atomic E-state index is 0.0263. The zero-order valence-electron chi connectivity index (χ0n) is 30.3. The van der Waals surface area contributed by atoms with E-state index in [1.54, 1.807) is 24.3 Å². The highest BCUT2D eigenvalue weighted by atomic mass is 32.1. The van der Waals surface area contributed by atoms with E-state index in [0.29, 0.717) is 54.8 Å². The topological polar surface area (TPSA) is 130 Å². The summed E-state index contributed by atoms with van der Waals surface area (Å²) in [4.78, 5) is 46.3. The van der Waals surface area contributed by atoms with Crippen molar-refractivity contribution in [3.63, 3.8) is 0 Å². The molecule has 1 aliphatic carbocycles. The molecule has 10 nitrogen and oxygen atoms in total. The molecule has 2 aromatic heterocycles. The van der Waals surface area contributed by atoms with Crippen LogP contribution in [0.15, 0.2) is 54.0 Å². The molecular formula is C39H44F5N3O7S. The van der Waals surface area contributed by atoms with Gasteiger partial charge in [-0.05, 0) is 69.6 Å². The first-order chi connectivity index (χ1) is 26.2. The van der Waals surface area contributed by atoms with E-state index in [2.05, 4.69) is 4.98 Å². The maximum Gasteiger partial charge on any atom is 0.425 e. The number of rotatable bonds is 11. The largest absolute Gasteiger partial charge is 0.490 e. The molecule has 0 bridgehead atoms. The molecule has 3 fully saturated rings. The van der Waals surface area contributed by atoms with Crippen LogP contribution in [0.25, 0.3) is 0 Å². The Bertz CT molecular complexity index is 1840. The van der Waals surface area contributed by atoms with Crippen molar-refractivity contribution in [1.29, 1.82) is 0 Å². The number of pyridine rings is 1. The van der Waals surface area contributed by atoms with Crippen LogP contribution in [0.4, 0.5) is 22.0 Å². The third kappa shape index (κ3) is 8.44. The number of amides is 2. The smallest absolute Gasteiger partial charge is 0.425 e. The number of carbonyl (C=O) groups excluding carboxylic acids is 2. The number of carboxylic acids is 1. The van der Waals surface area contributed by atoms with Gasteiger partial charge in [0.1, 0.15) is 22.1 Å². The molecule has 4 heterocycles. The summed E-state index contributed by atoms with van der Waals surface area (Å²) in [5.74, 6) is -2.41. The van der Waals surface area contributed by atoms with Gasteiger partial charge in [-0.15, -0.1) is 11.3 Å². The summed E-state index contributed by atoms with van der Waals surface area (Å²) in [5, 5.41) is 22.6. The number of thiophene rings is 1. The average Bonchev–Trinajstić information content (AvgIpc) is 3.65. The van der Waals surface area contributed by atoms with Crippen LogP contribution in [0.5, 0.6) is 11.5 Å². The lowest BCUT2D eigenvalue weighted by Crippen LogP contribution is -2.68. The molecule has 2 amide bonds. The quantitative estimate of drug-likeness (QED) is 0.188. The second kappa shape index (κ2) is 16.4. The summed E-state index contributed by atoms with van der Waals surface area (Å²) in [5.41, 5.74) is -3.84. The van der Waals surface area contributed by atoms with Gasteiger partial charge in [-0.2, -0.15) is 13.2 Å². The van der Waals surface area contributed by atoms with Gasteiger partial charge in [0, 0.05) is 54.8 Å². The number of piperidine rings is 2. The predicted octanol–water partition coefficient (Wildman–Crippen LogP) is 7.85. The number of benzene rings is 1. The van der Waals surface area contributed by atoms with E-state index in [1.807, 2.05) is 6.92 Å². The molecule has 16 heteroatoms. The molecule has 55 heavy (non-hydrogen) atoms. The molecule has 0 radical (unpaired) electrons. The van der Waals surface area contributed by atoms with Crippen molar-refractivity contribution < 1.29 is 56.0 Å². The van der Waals surface area contributed by atoms with Crippen molar-refractivity contribution in [2.75, 3.05) is 19.6 Å². The summed E-state index contributed by atoms with van der Waals surface area (Å²) in [6.07, 6.45) is -3.69. The second-order valence-electron chi connectivity index (χ2n) is 14.5. The third-order valence-corrected chi connectivity index (χ3v) is 12.0. The van der Waals surface area contributed by atoms with Crippen molar-refractivity contribution in [3.8, 4) is 11.5 Å². The fraction of sp³-hybridized carbons (Fsp3) is 0.538. The van der Waals surface area contributed by atoms with Crippen LogP contribution in [-0.4, -0.2) is 80.2 Å². The first-order valence-corrected chi connectivity index (χ1v) is 19.4. The summed E-state index contributed by atoms with van der Waals surface area (Å²) in [6, 6.07) is 9.19. The Morgan fingerprint density at radius 3 is 2.36 bits per heavy atom. The van der Waals surface area contributed by atoms with Crippen molar-refractivity contribution in [1.82, 2.24) is 14.8 Å². The molecular weight excluding hydrogens is 749 g/mol. The van der Waals surface area contributed by atoms with E-state index < -0.39 is 69.7 Å². The molecule has 3 aromatic rings. The van der Waals surface area contributed by atoms with E-state index in [4.69, 9.17) is 9.47 Å². The summed E-state index contributed by atoms with van der Waals surface area (Å²) < 4.78 is 81.9. The third-order valence-electron chi connectivity index (χ3n) is 11.1. The van der Waals surface area contributed by atoms with Crippen LogP contribution in [-0.2, 0) is 21.4 Å². The van der Waals surface area contributed by atoms with Gasteiger partial charge in [0.25, 0.3) is 18.2 Å². The molecule has 1 aromatic carbocycles. The molecule has 2 aliphatic heterocycles. The van der Waals surface area contributed by atoms with Gasteiger partial charge < -0.3 is 29.5 Å². The van der Waals surface area contributed by atoms with E-state index in [1.165, 1.54) is 22.1 Å². The zero-order chi connectivity index (χ0) is 39.5. The summed E-state index contributed by atoms with van der Waals surface area (Å²) in [6.45, 7) is 1.94. The van der Waals surface area contributed by atoms with Crippen LogP contribution in [0.1, 0.15) is 104 Å². The van der Waals surface area contributed by atoms with Crippen LogP contribution in [0.2, 0.25) is 0 Å². The maximum atomic E-state index is 15.0. The van der Waals surface area contributed by atoms with Gasteiger partial charge in [-0.25, -0.2) is 8.78 Å². The standard InChI is InChI=1S/C39H44F5N3O7S/c1-2-7-30-38(54-26-22-31(55-23-26)39(42,43)44,15-6-19-47(30)34(48)32-27(33(40)41)8-5-18-45-32)36(51)46-20-16-37(52,17-21-46)28-9-3-4-10-29(28)53-25-13-11-24(12-14-25)35(49)50/h3-5,8-10,18,22-25,30,33,52H,2,6-7,11-17,19-21H2,1H3,(H,49,50). The van der Waals surface area contributed by atoms with Crippen molar-refractivity contribution in [2.24, 2.45) is 5.92 Å². The highest BCUT2D eigenvalue weighted by Crippen LogP contribution is 2.44. The van der Waals surface area contributed by atoms with E-state index >= 15 is 0 Å². The number of para-hydroxylation sites is 1. The Balaban J connectivity index is 1.29. The summed E-state index contributed by atoms with van der Waals surface area (Å²) in [7, 11) is 0. The fourth-order valence-electron chi connectivity index (χ4n) is 8.22. The average molecular weight is 794 g/mol. The lowest BCUT2D eigenvalue weighted by Gasteiger charge is -2.51.